The molecule has 0 bridgehead atoms. The van der Waals surface area contributed by atoms with Crippen molar-refractivity contribution < 1.29 is 33.4 Å². The number of para-hydroxylation sites is 1. The first-order chi connectivity index (χ1) is 27.8. The van der Waals surface area contributed by atoms with Crippen LogP contribution in [-0.4, -0.2) is 44.5 Å². The molecule has 1 atom stereocenters. The molecular formula is C45H39N3O7S2. The van der Waals surface area contributed by atoms with Crippen molar-refractivity contribution in [1.82, 2.24) is 5.32 Å². The maximum atomic E-state index is 14.2. The molecule has 6 aromatic rings. The highest BCUT2D eigenvalue weighted by atomic mass is 32.2. The van der Waals surface area contributed by atoms with Gasteiger partial charge in [-0.2, -0.15) is 0 Å². The van der Waals surface area contributed by atoms with Crippen LogP contribution in [0.3, 0.4) is 0 Å². The van der Waals surface area contributed by atoms with Crippen molar-refractivity contribution in [3.63, 3.8) is 0 Å². The van der Waals surface area contributed by atoms with Gasteiger partial charge in [-0.15, -0.1) is 23.1 Å². The lowest BCUT2D eigenvalue weighted by Gasteiger charge is -2.18. The van der Waals surface area contributed by atoms with Crippen LogP contribution in [-0.2, 0) is 14.3 Å². The fourth-order valence-electron chi connectivity index (χ4n) is 5.87. The number of esters is 1. The third-order valence-electron chi connectivity index (χ3n) is 8.54. The minimum atomic E-state index is -0.754. The zero-order chi connectivity index (χ0) is 40.1. The van der Waals surface area contributed by atoms with E-state index in [0.29, 0.717) is 43.8 Å². The van der Waals surface area contributed by atoms with Crippen LogP contribution in [0.15, 0.2) is 149 Å². The van der Waals surface area contributed by atoms with E-state index in [2.05, 4.69) is 16.0 Å². The van der Waals surface area contributed by atoms with Crippen molar-refractivity contribution in [2.24, 2.45) is 0 Å². The quantitative estimate of drug-likeness (QED) is 0.0532. The average Bonchev–Trinajstić information content (AvgIpc) is 3.67. The van der Waals surface area contributed by atoms with Crippen LogP contribution in [0.1, 0.15) is 44.0 Å². The summed E-state index contributed by atoms with van der Waals surface area (Å²) in [5.41, 5.74) is 3.76. The summed E-state index contributed by atoms with van der Waals surface area (Å²) in [6, 6.07) is 39.6. The molecule has 0 aliphatic rings. The molecule has 3 amide bonds. The molecule has 3 N–H and O–H groups in total. The average molecular weight is 798 g/mol. The SMILES string of the molecule is CCOC(=O)c1c(-c2ccccc2)csc1NC(=O)C(Sc1cccc(NC(=O)/C(=C\c2cccc(OC)c2OC)NC(=O)c2ccccc2)c1)c1ccccc1. The molecule has 1 aromatic heterocycles. The van der Waals surface area contributed by atoms with E-state index < -0.39 is 23.0 Å². The van der Waals surface area contributed by atoms with E-state index in [1.54, 1.807) is 73.7 Å². The van der Waals surface area contributed by atoms with Crippen molar-refractivity contribution >= 4 is 63.6 Å². The first-order valence-electron chi connectivity index (χ1n) is 17.9. The van der Waals surface area contributed by atoms with E-state index in [1.807, 2.05) is 72.1 Å². The molecule has 0 saturated carbocycles. The number of thiophene rings is 1. The maximum Gasteiger partial charge on any atom is 0.341 e. The highest BCUT2D eigenvalue weighted by Gasteiger charge is 2.28. The highest BCUT2D eigenvalue weighted by Crippen LogP contribution is 2.41. The topological polar surface area (TPSA) is 132 Å². The van der Waals surface area contributed by atoms with Crippen molar-refractivity contribution in [3.8, 4) is 22.6 Å². The van der Waals surface area contributed by atoms with E-state index in [1.165, 1.54) is 43.4 Å². The second-order valence-electron chi connectivity index (χ2n) is 12.3. The van der Waals surface area contributed by atoms with E-state index in [4.69, 9.17) is 14.2 Å². The first-order valence-corrected chi connectivity index (χ1v) is 19.6. The molecule has 5 aromatic carbocycles. The molecular weight excluding hydrogens is 759 g/mol. The van der Waals surface area contributed by atoms with E-state index in [-0.39, 0.29) is 23.8 Å². The molecule has 0 aliphatic carbocycles. The summed E-state index contributed by atoms with van der Waals surface area (Å²) >= 11 is 2.53. The number of carbonyl (C=O) groups excluding carboxylic acids is 4. The van der Waals surface area contributed by atoms with Crippen LogP contribution >= 0.6 is 23.1 Å². The van der Waals surface area contributed by atoms with Gasteiger partial charge >= 0.3 is 5.97 Å². The largest absolute Gasteiger partial charge is 0.493 e. The Morgan fingerprint density at radius 1 is 0.772 bits per heavy atom. The molecule has 0 saturated heterocycles. The number of anilines is 2. The number of benzene rings is 5. The van der Waals surface area contributed by atoms with Gasteiger partial charge in [0.15, 0.2) is 11.5 Å². The summed E-state index contributed by atoms with van der Waals surface area (Å²) in [6.45, 7) is 1.91. The number of methoxy groups -OCH3 is 2. The van der Waals surface area contributed by atoms with Gasteiger partial charge in [-0.3, -0.25) is 14.4 Å². The van der Waals surface area contributed by atoms with Crippen molar-refractivity contribution in [1.29, 1.82) is 0 Å². The summed E-state index contributed by atoms with van der Waals surface area (Å²) in [7, 11) is 3.00. The van der Waals surface area contributed by atoms with Gasteiger partial charge in [0.25, 0.3) is 11.8 Å². The number of thioether (sulfide) groups is 1. The van der Waals surface area contributed by atoms with Gasteiger partial charge in [0.05, 0.1) is 20.8 Å². The van der Waals surface area contributed by atoms with Gasteiger partial charge in [0, 0.05) is 32.7 Å². The first kappa shape index (κ1) is 40.0. The van der Waals surface area contributed by atoms with Crippen LogP contribution in [0.2, 0.25) is 0 Å². The summed E-state index contributed by atoms with van der Waals surface area (Å²) in [5.74, 6) is -1.12. The van der Waals surface area contributed by atoms with Crippen LogP contribution in [0.5, 0.6) is 11.5 Å². The van der Waals surface area contributed by atoms with Crippen molar-refractivity contribution in [2.45, 2.75) is 17.1 Å². The highest BCUT2D eigenvalue weighted by molar-refractivity contribution is 8.00. The maximum absolute atomic E-state index is 14.2. The van der Waals surface area contributed by atoms with Gasteiger partial charge in [-0.05, 0) is 60.5 Å². The Hall–Kier alpha value is -6.63. The van der Waals surface area contributed by atoms with E-state index in [9.17, 15) is 19.2 Å². The summed E-state index contributed by atoms with van der Waals surface area (Å²) in [6.07, 6.45) is 1.52. The Balaban J connectivity index is 1.28. The van der Waals surface area contributed by atoms with Crippen LogP contribution in [0, 0.1) is 0 Å². The zero-order valence-corrected chi connectivity index (χ0v) is 32.9. The lowest BCUT2D eigenvalue weighted by Crippen LogP contribution is -2.30. The van der Waals surface area contributed by atoms with E-state index >= 15 is 0 Å². The molecule has 1 unspecified atom stereocenters. The normalized spacial score (nSPS) is 11.5. The Bertz CT molecular complexity index is 2380. The Labute approximate surface area is 338 Å². The zero-order valence-electron chi connectivity index (χ0n) is 31.3. The Morgan fingerprint density at radius 3 is 2.14 bits per heavy atom. The molecule has 0 radical (unpaired) electrons. The number of rotatable bonds is 15. The third-order valence-corrected chi connectivity index (χ3v) is 10.7. The van der Waals surface area contributed by atoms with Crippen molar-refractivity contribution in [2.75, 3.05) is 31.5 Å². The number of ether oxygens (including phenoxy) is 3. The summed E-state index contributed by atoms with van der Waals surface area (Å²) in [4.78, 5) is 55.4. The molecule has 12 heteroatoms. The minimum absolute atomic E-state index is 0.0433. The number of hydrogen-bond acceptors (Lipinski definition) is 9. The third kappa shape index (κ3) is 9.98. The van der Waals surface area contributed by atoms with Crippen LogP contribution in [0.25, 0.3) is 17.2 Å². The number of hydrogen-bond donors (Lipinski definition) is 3. The Kier molecular flexibility index (Phi) is 13.6. The smallest absolute Gasteiger partial charge is 0.341 e. The molecule has 0 spiro atoms. The Morgan fingerprint density at radius 2 is 1.46 bits per heavy atom. The van der Waals surface area contributed by atoms with Gasteiger partial charge < -0.3 is 30.2 Å². The monoisotopic (exact) mass is 797 g/mol. The molecule has 57 heavy (non-hydrogen) atoms. The fourth-order valence-corrected chi connectivity index (χ4v) is 7.91. The molecule has 0 fully saturated rings. The molecule has 0 aliphatic heterocycles. The lowest BCUT2D eigenvalue weighted by molar-refractivity contribution is -0.116. The second-order valence-corrected chi connectivity index (χ2v) is 14.3. The summed E-state index contributed by atoms with van der Waals surface area (Å²) in [5, 5.41) is 10.1. The van der Waals surface area contributed by atoms with Crippen LogP contribution in [0.4, 0.5) is 10.7 Å². The predicted molar refractivity (Wildman–Crippen MR) is 226 cm³/mol. The number of nitrogens with one attached hydrogen (secondary N) is 3. The van der Waals surface area contributed by atoms with Gasteiger partial charge in [0.2, 0.25) is 5.91 Å². The second kappa shape index (κ2) is 19.3. The van der Waals surface area contributed by atoms with Gasteiger partial charge in [-0.1, -0.05) is 97.1 Å². The fraction of sp³-hybridized carbons (Fsp3) is 0.111. The molecule has 1 heterocycles. The van der Waals surface area contributed by atoms with Crippen molar-refractivity contribution in [3.05, 3.63) is 167 Å². The van der Waals surface area contributed by atoms with Crippen LogP contribution < -0.4 is 25.4 Å². The number of amides is 3. The molecule has 6 rings (SSSR count). The van der Waals surface area contributed by atoms with E-state index in [0.717, 1.165) is 11.1 Å². The number of carbonyl (C=O) groups is 4. The minimum Gasteiger partial charge on any atom is -0.493 e. The molecule has 10 nitrogen and oxygen atoms in total. The van der Waals surface area contributed by atoms with Gasteiger partial charge in [-0.25, -0.2) is 4.79 Å². The summed E-state index contributed by atoms with van der Waals surface area (Å²) < 4.78 is 16.4. The lowest BCUT2D eigenvalue weighted by atomic mass is 10.0. The van der Waals surface area contributed by atoms with Gasteiger partial charge in [0.1, 0.15) is 21.5 Å². The molecule has 288 valence electrons. The predicted octanol–water partition coefficient (Wildman–Crippen LogP) is 9.49. The standard InChI is InChI=1S/C45H39N3O7S2/c1-4-55-45(52)38-35(29-16-8-5-9-17-29)28-56-44(38)48-43(51)40(30-18-10-6-11-19-30)57-34-24-15-23-33(27-34)46-42(50)36(47-41(49)31-20-12-7-13-21-31)26-32-22-14-25-37(53-2)39(32)54-3/h5-28,40H,4H2,1-3H3,(H,46,50)(H,47,49)(H,48,51)/b36-26+.